The van der Waals surface area contributed by atoms with Crippen molar-refractivity contribution >= 4 is 17.7 Å². The van der Waals surface area contributed by atoms with Gasteiger partial charge in [-0.25, -0.2) is 4.98 Å². The van der Waals surface area contributed by atoms with Crippen LogP contribution in [0.4, 0.5) is 13.2 Å². The van der Waals surface area contributed by atoms with E-state index in [1.54, 1.807) is 33.8 Å². The van der Waals surface area contributed by atoms with Gasteiger partial charge in [-0.3, -0.25) is 4.79 Å². The molecule has 1 unspecified atom stereocenters. The average molecular weight is 377 g/mol. The molecule has 1 fully saturated rings. The lowest BCUT2D eigenvalue weighted by Crippen LogP contribution is -2.51. The number of halogens is 3. The molecule has 0 radical (unpaired) electrons. The van der Waals surface area contributed by atoms with Gasteiger partial charge in [-0.05, 0) is 39.3 Å². The Kier molecular flexibility index (Phi) is 4.03. The number of hydrogen-bond donors (Lipinski definition) is 1. The smallest absolute Gasteiger partial charge is 0.438 e. The van der Waals surface area contributed by atoms with Gasteiger partial charge in [-0.1, -0.05) is 11.8 Å². The van der Waals surface area contributed by atoms with E-state index in [0.29, 0.717) is 11.3 Å². The van der Waals surface area contributed by atoms with Crippen LogP contribution in [0.15, 0.2) is 6.07 Å². The molecule has 1 aromatic heterocycles. The molecular weight excluding hydrogens is 359 g/mol. The third-order valence-corrected chi connectivity index (χ3v) is 5.91. The number of aliphatic hydroxyl groups is 1. The van der Waals surface area contributed by atoms with Gasteiger partial charge in [0.1, 0.15) is 10.9 Å². The fourth-order valence-corrected chi connectivity index (χ4v) is 4.87. The van der Waals surface area contributed by atoms with Gasteiger partial charge in [0, 0.05) is 12.1 Å². The Balaban J connectivity index is 2.19. The number of nitrogens with zero attached hydrogens (tertiary/aromatic N) is 1. The molecular formula is C16H18F3NO4S. The first-order valence-corrected chi connectivity index (χ1v) is 8.63. The molecule has 2 aliphatic rings. The average Bonchev–Trinajstić information content (AvgIpc) is 2.65. The van der Waals surface area contributed by atoms with Crippen LogP contribution in [-0.4, -0.2) is 38.5 Å². The number of fused-ring (bicyclic) bond motifs is 4. The maximum Gasteiger partial charge on any atom is 0.438 e. The van der Waals surface area contributed by atoms with Gasteiger partial charge >= 0.3 is 12.1 Å². The van der Waals surface area contributed by atoms with Gasteiger partial charge in [0.2, 0.25) is 5.88 Å². The van der Waals surface area contributed by atoms with Gasteiger partial charge in [0.05, 0.1) is 11.7 Å². The summed E-state index contributed by atoms with van der Waals surface area (Å²) < 4.78 is 51.6. The molecule has 3 atom stereocenters. The highest BCUT2D eigenvalue weighted by Crippen LogP contribution is 2.64. The first kappa shape index (κ1) is 18.3. The maximum absolute atomic E-state index is 13.8. The van der Waals surface area contributed by atoms with Gasteiger partial charge in [-0.15, -0.1) is 0 Å². The van der Waals surface area contributed by atoms with Crippen molar-refractivity contribution in [3.05, 3.63) is 22.9 Å². The molecule has 1 N–H and O–H groups in total. The number of thioether (sulfide) groups is 1. The van der Waals surface area contributed by atoms with Crippen molar-refractivity contribution in [1.82, 2.24) is 4.98 Å². The lowest BCUT2D eigenvalue weighted by molar-refractivity contribution is -0.228. The van der Waals surface area contributed by atoms with E-state index >= 15 is 0 Å². The summed E-state index contributed by atoms with van der Waals surface area (Å²) in [5.41, 5.74) is -0.964. The minimum absolute atomic E-state index is 0.119. The Bertz CT molecular complexity index is 739. The van der Waals surface area contributed by atoms with E-state index in [1.165, 1.54) is 0 Å². The molecule has 0 saturated carbocycles. The molecule has 1 saturated heterocycles. The molecule has 3 rings (SSSR count). The number of ether oxygens (including phenoxy) is 2. The van der Waals surface area contributed by atoms with E-state index in [1.807, 2.05) is 0 Å². The molecule has 3 heterocycles. The predicted molar refractivity (Wildman–Crippen MR) is 84.2 cm³/mol. The highest BCUT2D eigenvalue weighted by molar-refractivity contribution is 8.02. The van der Waals surface area contributed by atoms with Gasteiger partial charge in [-0.2, -0.15) is 13.2 Å². The van der Waals surface area contributed by atoms with E-state index in [2.05, 4.69) is 4.98 Å². The van der Waals surface area contributed by atoms with Crippen LogP contribution in [0.1, 0.15) is 37.1 Å². The highest BCUT2D eigenvalue weighted by atomic mass is 32.2. The quantitative estimate of drug-likeness (QED) is 0.799. The molecule has 9 heteroatoms. The minimum Gasteiger partial charge on any atom is -0.462 e. The topological polar surface area (TPSA) is 68.7 Å². The van der Waals surface area contributed by atoms with E-state index in [9.17, 15) is 23.1 Å². The Hall–Kier alpha value is -1.48. The second-order valence-corrected chi connectivity index (χ2v) is 8.06. The summed E-state index contributed by atoms with van der Waals surface area (Å²) in [6.07, 6.45) is -6.10. The SMILES string of the molecule is Cc1cc(C)c2c(n1)O[C@]1(C(F)(F)F)C[C@@]2(O)C(C(=O)OC(C)C)S1. The van der Waals surface area contributed by atoms with E-state index in [4.69, 9.17) is 9.47 Å². The number of rotatable bonds is 2. The normalized spacial score (nSPS) is 30.8. The zero-order chi connectivity index (χ0) is 18.8. The van der Waals surface area contributed by atoms with Crippen molar-refractivity contribution in [2.45, 2.75) is 62.2 Å². The fraction of sp³-hybridized carbons (Fsp3) is 0.625. The van der Waals surface area contributed by atoms with Crippen molar-refractivity contribution in [2.24, 2.45) is 0 Å². The Labute approximate surface area is 146 Å². The monoisotopic (exact) mass is 377 g/mol. The van der Waals surface area contributed by atoms with Gasteiger partial charge in [0.25, 0.3) is 4.93 Å². The van der Waals surface area contributed by atoms with E-state index in [-0.39, 0.29) is 23.2 Å². The van der Waals surface area contributed by atoms with Crippen molar-refractivity contribution < 1.29 is 32.5 Å². The van der Waals surface area contributed by atoms with Gasteiger partial charge < -0.3 is 14.6 Å². The highest BCUT2D eigenvalue weighted by Gasteiger charge is 2.74. The summed E-state index contributed by atoms with van der Waals surface area (Å²) in [6.45, 7) is 6.44. The number of hydrogen-bond acceptors (Lipinski definition) is 6. The van der Waals surface area contributed by atoms with E-state index < -0.39 is 40.5 Å². The van der Waals surface area contributed by atoms with Crippen LogP contribution in [0.2, 0.25) is 0 Å². The Morgan fingerprint density at radius 2 is 2.12 bits per heavy atom. The van der Waals surface area contributed by atoms with Crippen LogP contribution in [0.5, 0.6) is 5.88 Å². The number of pyridine rings is 1. The lowest BCUT2D eigenvalue weighted by atomic mass is 9.81. The Morgan fingerprint density at radius 3 is 2.68 bits per heavy atom. The summed E-state index contributed by atoms with van der Waals surface area (Å²) in [5.74, 6) is -1.18. The number of alkyl halides is 3. The van der Waals surface area contributed by atoms with E-state index in [0.717, 1.165) is 0 Å². The summed E-state index contributed by atoms with van der Waals surface area (Å²) in [5, 5.41) is 9.72. The second kappa shape index (κ2) is 5.51. The zero-order valence-corrected chi connectivity index (χ0v) is 14.9. The van der Waals surface area contributed by atoms with Crippen LogP contribution in [-0.2, 0) is 15.1 Å². The molecule has 0 spiro atoms. The minimum atomic E-state index is -4.80. The second-order valence-electron chi connectivity index (χ2n) is 6.70. The number of carbonyl (C=O) groups excluding carboxylic acids is 1. The lowest BCUT2D eigenvalue weighted by Gasteiger charge is -2.38. The third-order valence-electron chi connectivity index (χ3n) is 4.25. The van der Waals surface area contributed by atoms with Crippen molar-refractivity contribution in [3.63, 3.8) is 0 Å². The third kappa shape index (κ3) is 2.68. The zero-order valence-electron chi connectivity index (χ0n) is 14.1. The number of aromatic nitrogens is 1. The number of esters is 1. The van der Waals surface area contributed by atoms with Gasteiger partial charge in [0.15, 0.2) is 0 Å². The first-order chi connectivity index (χ1) is 11.4. The Morgan fingerprint density at radius 1 is 1.48 bits per heavy atom. The van der Waals surface area contributed by atoms with Crippen LogP contribution in [0.25, 0.3) is 0 Å². The van der Waals surface area contributed by atoms with Crippen molar-refractivity contribution in [1.29, 1.82) is 0 Å². The maximum atomic E-state index is 13.8. The molecule has 5 nitrogen and oxygen atoms in total. The molecule has 2 bridgehead atoms. The summed E-state index contributed by atoms with van der Waals surface area (Å²) in [4.78, 5) is 13.7. The van der Waals surface area contributed by atoms with Crippen LogP contribution in [0, 0.1) is 13.8 Å². The molecule has 0 aromatic carbocycles. The summed E-state index contributed by atoms with van der Waals surface area (Å²) in [7, 11) is 0. The number of aryl methyl sites for hydroxylation is 2. The van der Waals surface area contributed by atoms with Crippen LogP contribution in [0.3, 0.4) is 0 Å². The molecule has 1 aromatic rings. The van der Waals surface area contributed by atoms with Crippen molar-refractivity contribution in [3.8, 4) is 5.88 Å². The largest absolute Gasteiger partial charge is 0.462 e. The molecule has 0 aliphatic carbocycles. The summed E-state index contributed by atoms with van der Waals surface area (Å²) >= 11 is 0.244. The van der Waals surface area contributed by atoms with Crippen LogP contribution >= 0.6 is 11.8 Å². The standard InChI is InChI=1S/C16H18F3NO4S/c1-7(2)23-13(21)11-14(22)6-15(25-11,16(17,18)19)24-12-10(14)8(3)5-9(4)20-12/h5,7,11,22H,6H2,1-4H3/t11?,14-,15+/m0/s1. The molecule has 2 aliphatic heterocycles. The van der Waals surface area contributed by atoms with Crippen LogP contribution < -0.4 is 4.74 Å². The summed E-state index contributed by atoms with van der Waals surface area (Å²) in [6, 6.07) is 1.63. The van der Waals surface area contributed by atoms with Crippen molar-refractivity contribution in [2.75, 3.05) is 0 Å². The predicted octanol–water partition coefficient (Wildman–Crippen LogP) is 2.99. The molecule has 25 heavy (non-hydrogen) atoms. The molecule has 138 valence electrons. The number of carbonyl (C=O) groups is 1. The first-order valence-electron chi connectivity index (χ1n) is 7.75. The fourth-order valence-electron chi connectivity index (χ4n) is 3.38. The molecule has 0 amide bonds.